The lowest BCUT2D eigenvalue weighted by molar-refractivity contribution is -0.275. The highest BCUT2D eigenvalue weighted by molar-refractivity contribution is 6.17. The van der Waals surface area contributed by atoms with Crippen molar-refractivity contribution >= 4 is 17.9 Å². The molecule has 0 unspecified atom stereocenters. The van der Waals surface area contributed by atoms with Crippen LogP contribution in [0.25, 0.3) is 0 Å². The average molecular weight is 270 g/mol. The predicted octanol–water partition coefficient (Wildman–Crippen LogP) is 2.54. The largest absolute Gasteiger partial charge is 0.573 e. The van der Waals surface area contributed by atoms with Crippen molar-refractivity contribution in [3.05, 3.63) is 17.3 Å². The van der Waals surface area contributed by atoms with E-state index in [-0.39, 0.29) is 23.6 Å². The summed E-state index contributed by atoms with van der Waals surface area (Å²) in [5, 5.41) is 0. The Labute approximate surface area is 99.3 Å². The van der Waals surface area contributed by atoms with Crippen molar-refractivity contribution in [3.63, 3.8) is 0 Å². The van der Waals surface area contributed by atoms with Crippen LogP contribution >= 0.6 is 11.6 Å². The highest BCUT2D eigenvalue weighted by atomic mass is 35.5. The van der Waals surface area contributed by atoms with Crippen LogP contribution in [0.2, 0.25) is 0 Å². The van der Waals surface area contributed by atoms with E-state index in [9.17, 15) is 18.0 Å². The van der Waals surface area contributed by atoms with Crippen molar-refractivity contribution < 1.29 is 27.4 Å². The van der Waals surface area contributed by atoms with Gasteiger partial charge in [-0.1, -0.05) is 0 Å². The molecule has 0 saturated heterocycles. The molecule has 0 amide bonds. The molecule has 8 heteroatoms. The van der Waals surface area contributed by atoms with Gasteiger partial charge in [-0.15, -0.1) is 24.8 Å². The number of nitrogens with zero attached hydrogens (tertiary/aromatic N) is 1. The quantitative estimate of drug-likeness (QED) is 0.622. The van der Waals surface area contributed by atoms with Gasteiger partial charge in [-0.3, -0.25) is 4.79 Å². The number of pyridine rings is 1. The highest BCUT2D eigenvalue weighted by Gasteiger charge is 2.34. The van der Waals surface area contributed by atoms with E-state index in [1.54, 1.807) is 0 Å². The molecule has 1 aromatic rings. The van der Waals surface area contributed by atoms with Crippen molar-refractivity contribution in [1.82, 2.24) is 4.98 Å². The Hall–Kier alpha value is -1.50. The molecular weight excluding hydrogens is 263 g/mol. The monoisotopic (exact) mass is 269 g/mol. The van der Waals surface area contributed by atoms with E-state index in [0.717, 1.165) is 0 Å². The molecule has 0 fully saturated rings. The number of hydrogen-bond donors (Lipinski definition) is 0. The number of rotatable bonds is 4. The SMILES string of the molecule is COc1cc(CCl)c(OC(F)(F)F)c(C=O)n1. The Bertz CT molecular complexity index is 423. The molecule has 0 aliphatic carbocycles. The Kier molecular flexibility index (Phi) is 4.17. The fraction of sp³-hybridized carbons (Fsp3) is 0.333. The second-order valence-corrected chi connectivity index (χ2v) is 3.10. The molecular formula is C9H7ClF3NO3. The molecule has 0 N–H and O–H groups in total. The first-order valence-electron chi connectivity index (χ1n) is 4.26. The summed E-state index contributed by atoms with van der Waals surface area (Å²) in [4.78, 5) is 14.2. The van der Waals surface area contributed by atoms with Crippen LogP contribution in [0.5, 0.6) is 11.6 Å². The molecule has 4 nitrogen and oxygen atoms in total. The van der Waals surface area contributed by atoms with Gasteiger partial charge in [-0.25, -0.2) is 4.98 Å². The number of methoxy groups -OCH3 is 1. The minimum atomic E-state index is -4.92. The van der Waals surface area contributed by atoms with Crippen LogP contribution in [-0.2, 0) is 5.88 Å². The van der Waals surface area contributed by atoms with Crippen LogP contribution < -0.4 is 9.47 Å². The minimum Gasteiger partial charge on any atom is -0.481 e. The number of hydrogen-bond acceptors (Lipinski definition) is 4. The Morgan fingerprint density at radius 2 is 2.18 bits per heavy atom. The summed E-state index contributed by atoms with van der Waals surface area (Å²) < 4.78 is 44.8. The summed E-state index contributed by atoms with van der Waals surface area (Å²) in [6, 6.07) is 1.17. The number of carbonyl (C=O) groups is 1. The zero-order valence-corrected chi connectivity index (χ0v) is 9.30. The summed E-state index contributed by atoms with van der Waals surface area (Å²) in [6.45, 7) is 0. The number of ether oxygens (including phenoxy) is 2. The second-order valence-electron chi connectivity index (χ2n) is 2.84. The number of aldehydes is 1. The topological polar surface area (TPSA) is 48.4 Å². The van der Waals surface area contributed by atoms with Crippen LogP contribution in [0.4, 0.5) is 13.2 Å². The van der Waals surface area contributed by atoms with Crippen molar-refractivity contribution in [3.8, 4) is 11.6 Å². The van der Waals surface area contributed by atoms with Crippen molar-refractivity contribution in [2.24, 2.45) is 0 Å². The third-order valence-electron chi connectivity index (χ3n) is 1.74. The molecule has 0 aromatic carbocycles. The molecule has 1 rings (SSSR count). The standard InChI is InChI=1S/C9H7ClF3NO3/c1-16-7-2-5(3-10)8(6(4-15)14-7)17-9(11,12)13/h2,4H,3H2,1H3. The van der Waals surface area contributed by atoms with Crippen molar-refractivity contribution in [2.75, 3.05) is 7.11 Å². The lowest BCUT2D eigenvalue weighted by Gasteiger charge is -2.14. The maximum absolute atomic E-state index is 12.1. The number of carbonyl (C=O) groups excluding carboxylic acids is 1. The van der Waals surface area contributed by atoms with E-state index in [4.69, 9.17) is 16.3 Å². The molecule has 1 aromatic heterocycles. The van der Waals surface area contributed by atoms with Gasteiger partial charge < -0.3 is 9.47 Å². The summed E-state index contributed by atoms with van der Waals surface area (Å²) in [5.74, 6) is -0.994. The number of halogens is 4. The lowest BCUT2D eigenvalue weighted by Crippen LogP contribution is -2.19. The van der Waals surface area contributed by atoms with Gasteiger partial charge in [0.2, 0.25) is 5.88 Å². The summed E-state index contributed by atoms with van der Waals surface area (Å²) in [5.41, 5.74) is -0.546. The van der Waals surface area contributed by atoms with Gasteiger partial charge in [0.05, 0.1) is 13.0 Å². The van der Waals surface area contributed by atoms with Gasteiger partial charge in [0.1, 0.15) is 5.69 Å². The zero-order chi connectivity index (χ0) is 13.1. The third-order valence-corrected chi connectivity index (χ3v) is 2.02. The predicted molar refractivity (Wildman–Crippen MR) is 52.4 cm³/mol. The van der Waals surface area contributed by atoms with E-state index < -0.39 is 17.8 Å². The molecule has 0 bridgehead atoms. The van der Waals surface area contributed by atoms with E-state index in [1.165, 1.54) is 13.2 Å². The molecule has 1 heterocycles. The third kappa shape index (κ3) is 3.48. The first kappa shape index (κ1) is 13.6. The van der Waals surface area contributed by atoms with Gasteiger partial charge in [0.25, 0.3) is 0 Å². The molecule has 0 atom stereocenters. The summed E-state index contributed by atoms with van der Waals surface area (Å²) in [6.07, 6.45) is -4.78. The van der Waals surface area contributed by atoms with Gasteiger partial charge in [0.15, 0.2) is 12.0 Å². The van der Waals surface area contributed by atoms with Crippen LogP contribution in [0.1, 0.15) is 16.1 Å². The first-order chi connectivity index (χ1) is 7.91. The molecule has 0 radical (unpaired) electrons. The Morgan fingerprint density at radius 3 is 2.59 bits per heavy atom. The summed E-state index contributed by atoms with van der Waals surface area (Å²) in [7, 11) is 1.26. The first-order valence-corrected chi connectivity index (χ1v) is 4.79. The molecule has 0 aliphatic heterocycles. The van der Waals surface area contributed by atoms with Gasteiger partial charge >= 0.3 is 6.36 Å². The Balaban J connectivity index is 3.29. The maximum atomic E-state index is 12.1. The van der Waals surface area contributed by atoms with E-state index >= 15 is 0 Å². The highest BCUT2D eigenvalue weighted by Crippen LogP contribution is 2.31. The molecule has 0 aliphatic rings. The molecule has 94 valence electrons. The number of alkyl halides is 4. The van der Waals surface area contributed by atoms with Crippen LogP contribution in [0.3, 0.4) is 0 Å². The lowest BCUT2D eigenvalue weighted by atomic mass is 10.2. The van der Waals surface area contributed by atoms with Crippen molar-refractivity contribution in [2.45, 2.75) is 12.2 Å². The average Bonchev–Trinajstić information content (AvgIpc) is 2.27. The van der Waals surface area contributed by atoms with E-state index in [0.29, 0.717) is 0 Å². The van der Waals surface area contributed by atoms with Crippen LogP contribution in [0.15, 0.2) is 6.07 Å². The second kappa shape index (κ2) is 5.22. The fourth-order valence-corrected chi connectivity index (χ4v) is 1.30. The van der Waals surface area contributed by atoms with Crippen LogP contribution in [-0.4, -0.2) is 24.7 Å². The summed E-state index contributed by atoms with van der Waals surface area (Å²) >= 11 is 5.47. The smallest absolute Gasteiger partial charge is 0.481 e. The Morgan fingerprint density at radius 1 is 1.53 bits per heavy atom. The van der Waals surface area contributed by atoms with Gasteiger partial charge in [0, 0.05) is 11.6 Å². The van der Waals surface area contributed by atoms with Gasteiger partial charge in [-0.05, 0) is 0 Å². The zero-order valence-electron chi connectivity index (χ0n) is 8.55. The molecule has 0 spiro atoms. The van der Waals surface area contributed by atoms with Crippen molar-refractivity contribution in [1.29, 1.82) is 0 Å². The van der Waals surface area contributed by atoms with E-state index in [1.807, 2.05) is 0 Å². The molecule has 17 heavy (non-hydrogen) atoms. The van der Waals surface area contributed by atoms with Crippen LogP contribution in [0, 0.1) is 0 Å². The van der Waals surface area contributed by atoms with E-state index in [2.05, 4.69) is 9.72 Å². The normalized spacial score (nSPS) is 11.1. The van der Waals surface area contributed by atoms with Gasteiger partial charge in [-0.2, -0.15) is 0 Å². The maximum Gasteiger partial charge on any atom is 0.573 e. The fourth-order valence-electron chi connectivity index (χ4n) is 1.10. The number of aromatic nitrogens is 1. The molecule has 0 saturated carbocycles. The minimum absolute atomic E-state index is 0.0164.